The molecule has 0 aliphatic carbocycles. The van der Waals surface area contributed by atoms with E-state index in [1.165, 1.54) is 11.5 Å². The van der Waals surface area contributed by atoms with Crippen molar-refractivity contribution >= 4 is 22.4 Å². The minimum Gasteiger partial charge on any atom is -0.487 e. The Morgan fingerprint density at radius 1 is 1.58 bits per heavy atom. The molecule has 1 atom stereocenters. The van der Waals surface area contributed by atoms with E-state index >= 15 is 0 Å². The number of likely N-dealkylation sites (N-methyl/N-ethyl adjacent to an activating group) is 1. The Bertz CT molecular complexity index is 399. The van der Waals surface area contributed by atoms with Crippen LogP contribution in [0.4, 0.5) is 10.8 Å². The molecule has 1 aliphatic rings. The summed E-state index contributed by atoms with van der Waals surface area (Å²) in [6.07, 6.45) is 0.200. The highest BCUT2D eigenvalue weighted by Crippen LogP contribution is 2.35. The predicted octanol–water partition coefficient (Wildman–Crippen LogP) is 1.26. The highest BCUT2D eigenvalue weighted by Gasteiger charge is 2.20. The number of nitrogens with one attached hydrogen (secondary N) is 1. The van der Waals surface area contributed by atoms with E-state index in [0.717, 1.165) is 37.8 Å². The number of hydrogen-bond donors (Lipinski definition) is 2. The molecule has 1 saturated heterocycles. The summed E-state index contributed by atoms with van der Waals surface area (Å²) in [5.74, 6) is 1.12. The second kappa shape index (κ2) is 6.93. The van der Waals surface area contributed by atoms with Crippen LogP contribution in [0.1, 0.15) is 13.8 Å². The van der Waals surface area contributed by atoms with E-state index in [4.69, 9.17) is 15.2 Å². The van der Waals surface area contributed by atoms with E-state index in [2.05, 4.69) is 21.5 Å². The first-order chi connectivity index (χ1) is 9.24. The maximum atomic E-state index is 5.77. The van der Waals surface area contributed by atoms with E-state index in [1.54, 1.807) is 0 Å². The van der Waals surface area contributed by atoms with Gasteiger partial charge < -0.3 is 20.5 Å². The molecule has 19 heavy (non-hydrogen) atoms. The first-order valence-corrected chi connectivity index (χ1v) is 7.47. The summed E-state index contributed by atoms with van der Waals surface area (Å²) in [5, 5.41) is 4.22. The standard InChI is InChI=1S/C12H22N4O2S/c1-3-16-5-6-18-9(8-16)7-14-12-10(17-4-2)11(13)15-19-12/h9,14H,3-8H2,1-2H3,(H2,13,15). The van der Waals surface area contributed by atoms with Crippen molar-refractivity contribution in [2.24, 2.45) is 0 Å². The lowest BCUT2D eigenvalue weighted by Gasteiger charge is -2.32. The average molecular weight is 286 g/mol. The SMILES string of the molecule is CCOc1c(N)nsc1NCC1CN(CC)CCO1. The van der Waals surface area contributed by atoms with Gasteiger partial charge in [0.1, 0.15) is 0 Å². The molecule has 6 nitrogen and oxygen atoms in total. The smallest absolute Gasteiger partial charge is 0.197 e. The Morgan fingerprint density at radius 3 is 3.16 bits per heavy atom. The molecule has 0 spiro atoms. The minimum absolute atomic E-state index is 0.200. The summed E-state index contributed by atoms with van der Waals surface area (Å²) in [6.45, 7) is 9.28. The maximum Gasteiger partial charge on any atom is 0.197 e. The first kappa shape index (κ1) is 14.4. The van der Waals surface area contributed by atoms with Crippen molar-refractivity contribution in [1.82, 2.24) is 9.27 Å². The van der Waals surface area contributed by atoms with E-state index in [0.29, 0.717) is 18.2 Å². The quantitative estimate of drug-likeness (QED) is 0.820. The van der Waals surface area contributed by atoms with Gasteiger partial charge in [0.25, 0.3) is 0 Å². The normalized spacial score (nSPS) is 20.4. The molecule has 0 radical (unpaired) electrons. The molecular formula is C12H22N4O2S. The van der Waals surface area contributed by atoms with Crippen molar-refractivity contribution in [2.45, 2.75) is 20.0 Å². The monoisotopic (exact) mass is 286 g/mol. The van der Waals surface area contributed by atoms with Gasteiger partial charge in [0.05, 0.1) is 19.3 Å². The molecule has 2 heterocycles. The van der Waals surface area contributed by atoms with E-state index in [-0.39, 0.29) is 6.10 Å². The number of hydrogen-bond acceptors (Lipinski definition) is 7. The third-order valence-corrected chi connectivity index (χ3v) is 3.92. The zero-order valence-corrected chi connectivity index (χ0v) is 12.3. The van der Waals surface area contributed by atoms with Crippen molar-refractivity contribution < 1.29 is 9.47 Å². The molecule has 1 aliphatic heterocycles. The molecule has 2 rings (SSSR count). The summed E-state index contributed by atoms with van der Waals surface area (Å²) in [7, 11) is 0. The summed E-state index contributed by atoms with van der Waals surface area (Å²) in [5.41, 5.74) is 5.77. The van der Waals surface area contributed by atoms with Crippen LogP contribution in [-0.2, 0) is 4.74 Å². The number of aromatic nitrogens is 1. The van der Waals surface area contributed by atoms with Gasteiger partial charge in [-0.1, -0.05) is 6.92 Å². The molecule has 7 heteroatoms. The van der Waals surface area contributed by atoms with Crippen LogP contribution in [-0.4, -0.2) is 54.8 Å². The molecule has 1 aromatic rings. The van der Waals surface area contributed by atoms with Gasteiger partial charge in [0.15, 0.2) is 16.6 Å². The summed E-state index contributed by atoms with van der Waals surface area (Å²) >= 11 is 1.33. The number of nitrogens with two attached hydrogens (primary N) is 1. The topological polar surface area (TPSA) is 72.6 Å². The number of nitrogen functional groups attached to an aromatic ring is 1. The zero-order valence-electron chi connectivity index (χ0n) is 11.5. The number of ether oxygens (including phenoxy) is 2. The lowest BCUT2D eigenvalue weighted by molar-refractivity contribution is -0.0191. The fraction of sp³-hybridized carbons (Fsp3) is 0.750. The summed E-state index contributed by atoms with van der Waals surface area (Å²) in [4.78, 5) is 2.39. The van der Waals surface area contributed by atoms with Crippen molar-refractivity contribution in [2.75, 3.05) is 50.4 Å². The molecule has 1 unspecified atom stereocenters. The van der Waals surface area contributed by atoms with Crippen LogP contribution >= 0.6 is 11.5 Å². The van der Waals surface area contributed by atoms with Crippen LogP contribution in [0.2, 0.25) is 0 Å². The molecule has 1 aromatic heterocycles. The van der Waals surface area contributed by atoms with Crippen molar-refractivity contribution in [1.29, 1.82) is 0 Å². The van der Waals surface area contributed by atoms with Gasteiger partial charge in [-0.2, -0.15) is 4.37 Å². The third kappa shape index (κ3) is 3.71. The number of morpholine rings is 1. The first-order valence-electron chi connectivity index (χ1n) is 6.70. The largest absolute Gasteiger partial charge is 0.487 e. The second-order valence-corrected chi connectivity index (χ2v) is 5.20. The van der Waals surface area contributed by atoms with Crippen LogP contribution in [0.3, 0.4) is 0 Å². The van der Waals surface area contributed by atoms with Crippen LogP contribution in [0.5, 0.6) is 5.75 Å². The molecule has 108 valence electrons. The molecule has 0 aromatic carbocycles. The molecule has 0 bridgehead atoms. The lowest BCUT2D eigenvalue weighted by atomic mass is 10.2. The number of anilines is 2. The van der Waals surface area contributed by atoms with Crippen LogP contribution < -0.4 is 15.8 Å². The van der Waals surface area contributed by atoms with Gasteiger partial charge in [-0.3, -0.25) is 4.90 Å². The molecule has 0 saturated carbocycles. The Balaban J connectivity index is 1.88. The number of nitrogens with zero attached hydrogens (tertiary/aromatic N) is 2. The summed E-state index contributed by atoms with van der Waals surface area (Å²) < 4.78 is 15.4. The van der Waals surface area contributed by atoms with Gasteiger partial charge in [-0.05, 0) is 25.0 Å². The maximum absolute atomic E-state index is 5.77. The van der Waals surface area contributed by atoms with Crippen molar-refractivity contribution in [3.05, 3.63) is 0 Å². The van der Waals surface area contributed by atoms with E-state index in [9.17, 15) is 0 Å². The number of rotatable bonds is 6. The highest BCUT2D eigenvalue weighted by atomic mass is 32.1. The lowest BCUT2D eigenvalue weighted by Crippen LogP contribution is -2.45. The fourth-order valence-corrected chi connectivity index (χ4v) is 2.75. The third-order valence-electron chi connectivity index (χ3n) is 3.12. The average Bonchev–Trinajstić information content (AvgIpc) is 2.78. The Morgan fingerprint density at radius 2 is 2.42 bits per heavy atom. The fourth-order valence-electron chi connectivity index (χ4n) is 2.09. The van der Waals surface area contributed by atoms with E-state index < -0.39 is 0 Å². The molecular weight excluding hydrogens is 264 g/mol. The minimum atomic E-state index is 0.200. The summed E-state index contributed by atoms with van der Waals surface area (Å²) in [6, 6.07) is 0. The van der Waals surface area contributed by atoms with E-state index in [1.807, 2.05) is 6.92 Å². The zero-order chi connectivity index (χ0) is 13.7. The molecule has 1 fully saturated rings. The Kier molecular flexibility index (Phi) is 5.24. The van der Waals surface area contributed by atoms with Crippen LogP contribution in [0.15, 0.2) is 0 Å². The van der Waals surface area contributed by atoms with Gasteiger partial charge in [0.2, 0.25) is 0 Å². The van der Waals surface area contributed by atoms with Crippen molar-refractivity contribution in [3.63, 3.8) is 0 Å². The second-order valence-electron chi connectivity index (χ2n) is 4.43. The van der Waals surface area contributed by atoms with Gasteiger partial charge in [0, 0.05) is 19.6 Å². The van der Waals surface area contributed by atoms with Crippen LogP contribution in [0, 0.1) is 0 Å². The predicted molar refractivity (Wildman–Crippen MR) is 78.0 cm³/mol. The Labute approximate surface area is 118 Å². The molecule has 0 amide bonds. The molecule has 3 N–H and O–H groups in total. The Hall–Kier alpha value is -1.05. The van der Waals surface area contributed by atoms with Crippen molar-refractivity contribution in [3.8, 4) is 5.75 Å². The van der Waals surface area contributed by atoms with Gasteiger partial charge in [-0.15, -0.1) is 0 Å². The van der Waals surface area contributed by atoms with Gasteiger partial charge >= 0.3 is 0 Å². The van der Waals surface area contributed by atoms with Gasteiger partial charge in [-0.25, -0.2) is 0 Å². The van der Waals surface area contributed by atoms with Crippen LogP contribution in [0.25, 0.3) is 0 Å². The highest BCUT2D eigenvalue weighted by molar-refractivity contribution is 7.11.